The van der Waals surface area contributed by atoms with Crippen LogP contribution in [0.1, 0.15) is 43.1 Å². The number of pyridine rings is 1. The molecule has 1 saturated heterocycles. The number of aromatic carboxylic acids is 1. The van der Waals surface area contributed by atoms with Gasteiger partial charge < -0.3 is 25.6 Å². The van der Waals surface area contributed by atoms with Crippen molar-refractivity contribution in [2.45, 2.75) is 38.8 Å². The number of rotatable bonds is 3. The Morgan fingerprint density at radius 1 is 1.29 bits per heavy atom. The van der Waals surface area contributed by atoms with Crippen molar-refractivity contribution in [3.8, 4) is 0 Å². The van der Waals surface area contributed by atoms with E-state index in [2.05, 4.69) is 5.32 Å². The molecule has 0 spiro atoms. The lowest BCUT2D eigenvalue weighted by atomic mass is 10.1. The number of nitrogens with two attached hydrogens (primary N) is 1. The third-order valence-corrected chi connectivity index (χ3v) is 4.73. The molecule has 28 heavy (non-hydrogen) atoms. The normalized spacial score (nSPS) is 16.8. The van der Waals surface area contributed by atoms with Gasteiger partial charge in [0, 0.05) is 43.8 Å². The Bertz CT molecular complexity index is 928. The van der Waals surface area contributed by atoms with Crippen molar-refractivity contribution < 1.29 is 14.3 Å². The summed E-state index contributed by atoms with van der Waals surface area (Å²) in [5.41, 5.74) is 5.27. The molecule has 1 saturated carbocycles. The van der Waals surface area contributed by atoms with E-state index in [9.17, 15) is 19.1 Å². The first-order chi connectivity index (χ1) is 13.3. The van der Waals surface area contributed by atoms with Crippen LogP contribution in [0.5, 0.6) is 0 Å². The van der Waals surface area contributed by atoms with Crippen molar-refractivity contribution in [1.29, 1.82) is 0 Å². The van der Waals surface area contributed by atoms with Crippen LogP contribution in [0.2, 0.25) is 0 Å². The van der Waals surface area contributed by atoms with Crippen molar-refractivity contribution in [3.05, 3.63) is 39.9 Å². The quantitative estimate of drug-likeness (QED) is 0.741. The highest BCUT2D eigenvalue weighted by Crippen LogP contribution is 2.38. The summed E-state index contributed by atoms with van der Waals surface area (Å²) in [5.74, 6) is -1.76. The van der Waals surface area contributed by atoms with Gasteiger partial charge in [0.15, 0.2) is 0 Å². The average Bonchev–Trinajstić information content (AvgIpc) is 3.47. The molecule has 2 aliphatic rings. The molecule has 8 heteroatoms. The molecule has 1 aromatic carbocycles. The second-order valence-electron chi connectivity index (χ2n) is 7.62. The molecule has 0 amide bonds. The van der Waals surface area contributed by atoms with E-state index < -0.39 is 17.2 Å². The fourth-order valence-corrected chi connectivity index (χ4v) is 3.31. The van der Waals surface area contributed by atoms with Crippen molar-refractivity contribution >= 4 is 22.6 Å². The van der Waals surface area contributed by atoms with E-state index in [1.807, 2.05) is 23.3 Å². The maximum absolute atomic E-state index is 14.6. The monoisotopic (exact) mass is 390 g/mol. The number of hydrogen-bond donors (Lipinski definition) is 3. The molecule has 0 bridgehead atoms. The topological polar surface area (TPSA) is 101 Å². The number of hydrogen-bond acceptors (Lipinski definition) is 5. The van der Waals surface area contributed by atoms with Crippen LogP contribution < -0.4 is 21.4 Å². The van der Waals surface area contributed by atoms with E-state index in [-0.39, 0.29) is 17.0 Å². The van der Waals surface area contributed by atoms with Crippen LogP contribution in [0.3, 0.4) is 0 Å². The van der Waals surface area contributed by atoms with Gasteiger partial charge in [0.1, 0.15) is 11.4 Å². The first kappa shape index (κ1) is 20.3. The maximum Gasteiger partial charge on any atom is 0.341 e. The number of nitrogens with zero attached hydrogens (tertiary/aromatic N) is 2. The van der Waals surface area contributed by atoms with Crippen LogP contribution >= 0.6 is 0 Å². The number of nitrogens with one attached hydrogen (secondary N) is 1. The van der Waals surface area contributed by atoms with Crippen LogP contribution in [0.4, 0.5) is 10.1 Å². The minimum Gasteiger partial charge on any atom is -0.477 e. The van der Waals surface area contributed by atoms with Gasteiger partial charge in [-0.3, -0.25) is 4.79 Å². The predicted molar refractivity (Wildman–Crippen MR) is 108 cm³/mol. The van der Waals surface area contributed by atoms with Gasteiger partial charge in [0.25, 0.3) is 0 Å². The Hall–Kier alpha value is -2.45. The lowest BCUT2D eigenvalue weighted by Gasteiger charge is -2.30. The Labute approximate surface area is 162 Å². The van der Waals surface area contributed by atoms with Gasteiger partial charge in [-0.2, -0.15) is 0 Å². The summed E-state index contributed by atoms with van der Waals surface area (Å²) in [7, 11) is 0. The van der Waals surface area contributed by atoms with Crippen LogP contribution in [-0.2, 0) is 0 Å². The van der Waals surface area contributed by atoms with Gasteiger partial charge in [-0.05, 0) is 31.0 Å². The summed E-state index contributed by atoms with van der Waals surface area (Å²) < 4.78 is 16.4. The molecule has 1 aromatic heterocycles. The molecule has 0 radical (unpaired) electrons. The molecule has 4 N–H and O–H groups in total. The second-order valence-corrected chi connectivity index (χ2v) is 7.62. The van der Waals surface area contributed by atoms with Crippen molar-refractivity contribution in [3.63, 3.8) is 0 Å². The molecule has 152 valence electrons. The number of benzene rings is 1. The zero-order valence-corrected chi connectivity index (χ0v) is 16.2. The lowest BCUT2D eigenvalue weighted by Crippen LogP contribution is -2.43. The molecule has 1 aliphatic heterocycles. The van der Waals surface area contributed by atoms with E-state index >= 15 is 0 Å². The third kappa shape index (κ3) is 4.34. The second kappa shape index (κ2) is 8.28. The molecular weight excluding hydrogens is 363 g/mol. The Morgan fingerprint density at radius 2 is 1.89 bits per heavy atom. The molecule has 2 aromatic rings. The maximum atomic E-state index is 14.6. The van der Waals surface area contributed by atoms with E-state index in [4.69, 9.17) is 5.73 Å². The SMILES string of the molecule is CC(C)N.O=C(O)c1cn(C2CC2)c2cc(N3CCNCC3)c(F)cc2c1=O. The molecule has 2 fully saturated rings. The van der Waals surface area contributed by atoms with Crippen molar-refractivity contribution in [2.75, 3.05) is 31.1 Å². The first-order valence-electron chi connectivity index (χ1n) is 9.62. The van der Waals surface area contributed by atoms with Gasteiger partial charge in [-0.15, -0.1) is 0 Å². The number of carboxylic acid groups (broad SMARTS) is 1. The standard InChI is InChI=1S/C17H18FN3O3.C3H9N/c18-13-7-11-14(8-15(13)20-5-3-19-4-6-20)21(10-1-2-10)9-12(16(11)22)17(23)24;1-3(2)4/h7-10,19H,1-6H2,(H,23,24);3H,4H2,1-2H3. The number of carboxylic acids is 1. The smallest absolute Gasteiger partial charge is 0.341 e. The average molecular weight is 390 g/mol. The van der Waals surface area contributed by atoms with Crippen LogP contribution in [-0.4, -0.2) is 47.9 Å². The highest BCUT2D eigenvalue weighted by molar-refractivity contribution is 5.93. The van der Waals surface area contributed by atoms with Crippen molar-refractivity contribution in [1.82, 2.24) is 9.88 Å². The number of halogens is 1. The van der Waals surface area contributed by atoms with Gasteiger partial charge in [-0.1, -0.05) is 13.8 Å². The van der Waals surface area contributed by atoms with Crippen LogP contribution in [0, 0.1) is 5.82 Å². The summed E-state index contributed by atoms with van der Waals surface area (Å²) in [6, 6.07) is 3.41. The van der Waals surface area contributed by atoms with E-state index in [0.717, 1.165) is 25.9 Å². The minimum atomic E-state index is -1.28. The highest BCUT2D eigenvalue weighted by atomic mass is 19.1. The number of carbonyl (C=O) groups is 1. The van der Waals surface area contributed by atoms with E-state index in [1.54, 1.807) is 6.07 Å². The highest BCUT2D eigenvalue weighted by Gasteiger charge is 2.28. The molecular formula is C20H27FN4O3. The van der Waals surface area contributed by atoms with Gasteiger partial charge >= 0.3 is 5.97 Å². The number of piperazine rings is 1. The molecule has 1 aliphatic carbocycles. The third-order valence-electron chi connectivity index (χ3n) is 4.73. The zero-order chi connectivity index (χ0) is 20.4. The molecule has 7 nitrogen and oxygen atoms in total. The molecule has 0 atom stereocenters. The molecule has 4 rings (SSSR count). The predicted octanol–water partition coefficient (Wildman–Crippen LogP) is 1.94. The molecule has 2 heterocycles. The lowest BCUT2D eigenvalue weighted by molar-refractivity contribution is 0.0695. The summed E-state index contributed by atoms with van der Waals surface area (Å²) >= 11 is 0. The van der Waals surface area contributed by atoms with Gasteiger partial charge in [0.05, 0.1) is 11.2 Å². The van der Waals surface area contributed by atoms with E-state index in [0.29, 0.717) is 30.3 Å². The first-order valence-corrected chi connectivity index (χ1v) is 9.62. The minimum absolute atomic E-state index is 0.137. The Morgan fingerprint density at radius 3 is 2.43 bits per heavy atom. The Kier molecular flexibility index (Phi) is 6.00. The van der Waals surface area contributed by atoms with Crippen LogP contribution in [0.15, 0.2) is 23.1 Å². The number of aromatic nitrogens is 1. The summed E-state index contributed by atoms with van der Waals surface area (Å²) in [4.78, 5) is 25.7. The zero-order valence-electron chi connectivity index (χ0n) is 16.2. The number of anilines is 1. The van der Waals surface area contributed by atoms with Gasteiger partial charge in [-0.25, -0.2) is 9.18 Å². The van der Waals surface area contributed by atoms with Crippen molar-refractivity contribution in [2.24, 2.45) is 5.73 Å². The molecule has 0 unspecified atom stereocenters. The van der Waals surface area contributed by atoms with E-state index in [1.165, 1.54) is 12.3 Å². The fourth-order valence-electron chi connectivity index (χ4n) is 3.31. The summed E-state index contributed by atoms with van der Waals surface area (Å²) in [6.45, 7) is 6.85. The fraction of sp³-hybridized carbons (Fsp3) is 0.500. The Balaban J connectivity index is 0.000000516. The summed E-state index contributed by atoms with van der Waals surface area (Å²) in [6.07, 6.45) is 3.29. The number of fused-ring (bicyclic) bond motifs is 1. The summed E-state index contributed by atoms with van der Waals surface area (Å²) in [5, 5.41) is 12.6. The largest absolute Gasteiger partial charge is 0.477 e. The van der Waals surface area contributed by atoms with Gasteiger partial charge in [0.2, 0.25) is 5.43 Å². The van der Waals surface area contributed by atoms with Crippen LogP contribution in [0.25, 0.3) is 10.9 Å².